The summed E-state index contributed by atoms with van der Waals surface area (Å²) >= 11 is 0. The lowest BCUT2D eigenvalue weighted by Gasteiger charge is -2.18. The number of carbonyl (C=O) groups excluding carboxylic acids is 1. The molecule has 2 aliphatic rings. The Morgan fingerprint density at radius 3 is 2.57 bits per heavy atom. The van der Waals surface area contributed by atoms with E-state index in [9.17, 15) is 9.59 Å². The van der Waals surface area contributed by atoms with E-state index in [1.807, 2.05) is 4.68 Å². The monoisotopic (exact) mass is 317 g/mol. The number of ether oxygens (including phenoxy) is 1. The van der Waals surface area contributed by atoms with Gasteiger partial charge in [0.05, 0.1) is 18.5 Å². The van der Waals surface area contributed by atoms with Crippen molar-refractivity contribution in [3.05, 3.63) is 34.0 Å². The van der Waals surface area contributed by atoms with Gasteiger partial charge in [0.2, 0.25) is 5.78 Å². The number of nitrogens with one attached hydrogen (secondary N) is 1. The summed E-state index contributed by atoms with van der Waals surface area (Å²) in [7, 11) is 3.16. The smallest absolute Gasteiger partial charge is 0.294 e. The number of rotatable bonds is 3. The first kappa shape index (κ1) is 15.1. The highest BCUT2D eigenvalue weighted by Crippen LogP contribution is 2.26. The van der Waals surface area contributed by atoms with Crippen molar-refractivity contribution in [2.24, 2.45) is 10.7 Å². The first-order valence-corrected chi connectivity index (χ1v) is 7.44. The fourth-order valence-electron chi connectivity index (χ4n) is 2.84. The summed E-state index contributed by atoms with van der Waals surface area (Å²) in [5, 5.41) is 3.04. The minimum absolute atomic E-state index is 0.146. The molecule has 3 rings (SSSR count). The van der Waals surface area contributed by atoms with E-state index in [1.165, 1.54) is 19.3 Å². The maximum atomic E-state index is 12.6. The molecule has 1 aromatic rings. The number of allylic oxidation sites excluding steroid dienone is 2. The zero-order valence-corrected chi connectivity index (χ0v) is 13.1. The molecule has 0 amide bonds. The summed E-state index contributed by atoms with van der Waals surface area (Å²) < 4.78 is 8.60. The highest BCUT2D eigenvalue weighted by atomic mass is 16.5. The van der Waals surface area contributed by atoms with Gasteiger partial charge in [-0.2, -0.15) is 0 Å². The third-order valence-corrected chi connectivity index (χ3v) is 3.98. The summed E-state index contributed by atoms with van der Waals surface area (Å²) in [6.45, 7) is 1.43. The van der Waals surface area contributed by atoms with Gasteiger partial charge in [-0.15, -0.1) is 0 Å². The van der Waals surface area contributed by atoms with Crippen LogP contribution in [-0.4, -0.2) is 35.0 Å². The molecule has 0 aromatic carbocycles. The molecule has 1 aromatic heterocycles. The highest BCUT2D eigenvalue weighted by molar-refractivity contribution is 6.21. The van der Waals surface area contributed by atoms with Crippen molar-refractivity contribution in [1.29, 1.82) is 0 Å². The maximum absolute atomic E-state index is 12.6. The van der Waals surface area contributed by atoms with Crippen LogP contribution in [0.15, 0.2) is 33.4 Å². The zero-order chi connectivity index (χ0) is 16.6. The van der Waals surface area contributed by atoms with Gasteiger partial charge in [0.15, 0.2) is 17.3 Å². The molecule has 8 heteroatoms. The predicted octanol–water partition coefficient (Wildman–Crippen LogP) is 0.513. The normalized spacial score (nSPS) is 19.2. The van der Waals surface area contributed by atoms with Crippen LogP contribution < -0.4 is 16.6 Å². The van der Waals surface area contributed by atoms with Crippen molar-refractivity contribution in [2.45, 2.75) is 25.9 Å². The van der Waals surface area contributed by atoms with Crippen molar-refractivity contribution >= 4 is 23.0 Å². The van der Waals surface area contributed by atoms with Crippen LogP contribution >= 0.6 is 0 Å². The van der Waals surface area contributed by atoms with Crippen LogP contribution in [0.3, 0.4) is 0 Å². The quantitative estimate of drug-likeness (QED) is 0.791. The Bertz CT molecular complexity index is 810. The molecule has 0 bridgehead atoms. The number of fused-ring (bicyclic) bond motifs is 1. The summed E-state index contributed by atoms with van der Waals surface area (Å²) in [5.74, 6) is 0.484. The lowest BCUT2D eigenvalue weighted by molar-refractivity contribution is -0.114. The van der Waals surface area contributed by atoms with Gasteiger partial charge in [0.1, 0.15) is 0 Å². The Morgan fingerprint density at radius 1 is 1.22 bits per heavy atom. The summed E-state index contributed by atoms with van der Waals surface area (Å²) in [4.78, 5) is 28.7. The standard InChI is InChI=1S/C15H19N5O3/c1-17-14-13(15(22)20-6-4-3-5-19(14)20)18-10-8-12(23-2)11(21)7-9(10)16/h7-8,17H,3-6,16H2,1-2H3/b18-10+. The van der Waals surface area contributed by atoms with Crippen LogP contribution in [0.25, 0.3) is 0 Å². The van der Waals surface area contributed by atoms with Gasteiger partial charge in [0.25, 0.3) is 5.56 Å². The van der Waals surface area contributed by atoms with Crippen LogP contribution in [0.2, 0.25) is 0 Å². The van der Waals surface area contributed by atoms with Crippen molar-refractivity contribution in [1.82, 2.24) is 9.36 Å². The SMILES string of the molecule is CNc1c(/N=C2\C=C(OC)C(=O)C=C2N)c(=O)n2n1CCCC2. The van der Waals surface area contributed by atoms with Crippen molar-refractivity contribution in [3.63, 3.8) is 0 Å². The number of carbonyl (C=O) groups is 1. The Morgan fingerprint density at radius 2 is 1.91 bits per heavy atom. The van der Waals surface area contributed by atoms with E-state index in [-0.39, 0.29) is 22.8 Å². The zero-order valence-electron chi connectivity index (χ0n) is 13.1. The summed E-state index contributed by atoms with van der Waals surface area (Å²) in [5.41, 5.74) is 6.56. The molecular weight excluding hydrogens is 298 g/mol. The minimum Gasteiger partial charge on any atom is -0.493 e. The second kappa shape index (κ2) is 5.79. The fraction of sp³-hybridized carbons (Fsp3) is 0.400. The number of hydrogen-bond acceptors (Lipinski definition) is 6. The molecule has 23 heavy (non-hydrogen) atoms. The minimum atomic E-state index is -0.314. The topological polar surface area (TPSA) is 104 Å². The average Bonchev–Trinajstić information content (AvgIpc) is 2.82. The van der Waals surface area contributed by atoms with Crippen molar-refractivity contribution in [3.8, 4) is 0 Å². The number of nitrogens with two attached hydrogens (primary N) is 1. The van der Waals surface area contributed by atoms with Crippen molar-refractivity contribution in [2.75, 3.05) is 19.5 Å². The van der Waals surface area contributed by atoms with Gasteiger partial charge in [-0.25, -0.2) is 9.67 Å². The van der Waals surface area contributed by atoms with Gasteiger partial charge >= 0.3 is 0 Å². The molecule has 0 saturated heterocycles. The molecule has 0 unspecified atom stereocenters. The van der Waals surface area contributed by atoms with Gasteiger partial charge in [0, 0.05) is 32.3 Å². The Hall–Kier alpha value is -2.77. The van der Waals surface area contributed by atoms with E-state index in [0.717, 1.165) is 19.4 Å². The van der Waals surface area contributed by atoms with Crippen LogP contribution in [0, 0.1) is 0 Å². The molecule has 1 aliphatic carbocycles. The van der Waals surface area contributed by atoms with E-state index >= 15 is 0 Å². The van der Waals surface area contributed by atoms with E-state index in [2.05, 4.69) is 10.3 Å². The van der Waals surface area contributed by atoms with Gasteiger partial charge < -0.3 is 15.8 Å². The molecular formula is C15H19N5O3. The number of aromatic nitrogens is 2. The molecule has 0 radical (unpaired) electrons. The Kier molecular flexibility index (Phi) is 3.81. The van der Waals surface area contributed by atoms with Crippen LogP contribution in [0.5, 0.6) is 0 Å². The van der Waals surface area contributed by atoms with Crippen LogP contribution in [0.4, 0.5) is 11.5 Å². The Labute approximate surface area is 132 Å². The largest absolute Gasteiger partial charge is 0.493 e. The lowest BCUT2D eigenvalue weighted by Crippen LogP contribution is -2.27. The predicted molar refractivity (Wildman–Crippen MR) is 86.9 cm³/mol. The number of nitrogens with zero attached hydrogens (tertiary/aromatic N) is 3. The number of aliphatic imine (C=N–C) groups is 1. The van der Waals surface area contributed by atoms with Crippen LogP contribution in [-0.2, 0) is 22.6 Å². The van der Waals surface area contributed by atoms with E-state index in [4.69, 9.17) is 10.5 Å². The van der Waals surface area contributed by atoms with Gasteiger partial charge in [-0.1, -0.05) is 0 Å². The number of anilines is 1. The number of methoxy groups -OCH3 is 1. The van der Waals surface area contributed by atoms with Crippen molar-refractivity contribution < 1.29 is 9.53 Å². The molecule has 0 spiro atoms. The second-order valence-corrected chi connectivity index (χ2v) is 5.38. The van der Waals surface area contributed by atoms with Crippen LogP contribution in [0.1, 0.15) is 12.8 Å². The fourth-order valence-corrected chi connectivity index (χ4v) is 2.84. The highest BCUT2D eigenvalue weighted by Gasteiger charge is 2.23. The van der Waals surface area contributed by atoms with Gasteiger partial charge in [-0.3, -0.25) is 14.3 Å². The number of ketones is 1. The Balaban J connectivity index is 2.14. The average molecular weight is 317 g/mol. The molecule has 8 nitrogen and oxygen atoms in total. The molecule has 1 aliphatic heterocycles. The maximum Gasteiger partial charge on any atom is 0.294 e. The summed E-state index contributed by atoms with van der Waals surface area (Å²) in [6, 6.07) is 0. The second-order valence-electron chi connectivity index (χ2n) is 5.38. The number of hydrogen-bond donors (Lipinski definition) is 2. The molecule has 0 fully saturated rings. The molecule has 3 N–H and O–H groups in total. The van der Waals surface area contributed by atoms with E-state index in [0.29, 0.717) is 23.8 Å². The van der Waals surface area contributed by atoms with E-state index in [1.54, 1.807) is 11.7 Å². The first-order valence-electron chi connectivity index (χ1n) is 7.44. The first-order chi connectivity index (χ1) is 11.1. The molecule has 122 valence electrons. The van der Waals surface area contributed by atoms with E-state index < -0.39 is 0 Å². The lowest BCUT2D eigenvalue weighted by atomic mass is 10.1. The molecule has 0 atom stereocenters. The molecule has 2 heterocycles. The third-order valence-electron chi connectivity index (χ3n) is 3.98. The third kappa shape index (κ3) is 2.45. The summed E-state index contributed by atoms with van der Waals surface area (Å²) in [6.07, 6.45) is 4.69. The van der Waals surface area contributed by atoms with Gasteiger partial charge in [-0.05, 0) is 12.8 Å². The molecule has 0 saturated carbocycles.